The summed E-state index contributed by atoms with van der Waals surface area (Å²) in [6, 6.07) is 11.1. The quantitative estimate of drug-likeness (QED) is 0.174. The topological polar surface area (TPSA) is 156 Å². The van der Waals surface area contributed by atoms with Gasteiger partial charge in [-0.1, -0.05) is 12.1 Å². The van der Waals surface area contributed by atoms with Gasteiger partial charge in [-0.05, 0) is 67.5 Å². The average molecular weight is 858 g/mol. The molecule has 326 valence electrons. The third kappa shape index (κ3) is 7.06. The largest absolute Gasteiger partial charge is 0.374 e. The van der Waals surface area contributed by atoms with E-state index in [0.29, 0.717) is 81.2 Å². The first-order chi connectivity index (χ1) is 30.4. The van der Waals surface area contributed by atoms with Crippen molar-refractivity contribution >= 4 is 62.6 Å². The molecule has 4 aliphatic rings. The van der Waals surface area contributed by atoms with Crippen LogP contribution in [-0.4, -0.2) is 95.3 Å². The first-order valence-electron chi connectivity index (χ1n) is 21.7. The molecule has 15 nitrogen and oxygen atoms in total. The highest BCUT2D eigenvalue weighted by Gasteiger charge is 2.36. The number of benzene rings is 2. The van der Waals surface area contributed by atoms with Gasteiger partial charge in [0.25, 0.3) is 6.43 Å². The molecule has 4 amide bonds. The number of anilines is 3. The van der Waals surface area contributed by atoms with Crippen molar-refractivity contribution in [1.82, 2.24) is 44.2 Å². The van der Waals surface area contributed by atoms with Gasteiger partial charge >= 0.3 is 0 Å². The number of carbonyl (C=O) groups excluding carboxylic acids is 4. The lowest BCUT2D eigenvalue weighted by atomic mass is 9.91. The second-order valence-electron chi connectivity index (χ2n) is 17.2. The third-order valence-corrected chi connectivity index (χ3v) is 13.5. The third-order valence-electron chi connectivity index (χ3n) is 13.5. The molecule has 17 heteroatoms. The molecule has 2 N–H and O–H groups in total. The van der Waals surface area contributed by atoms with Crippen LogP contribution in [0.5, 0.6) is 0 Å². The first kappa shape index (κ1) is 40.4. The highest BCUT2D eigenvalue weighted by Crippen LogP contribution is 2.45. The summed E-state index contributed by atoms with van der Waals surface area (Å²) < 4.78 is 36.0. The highest BCUT2D eigenvalue weighted by molar-refractivity contribution is 6.04. The van der Waals surface area contributed by atoms with Crippen LogP contribution in [0, 0.1) is 0 Å². The lowest BCUT2D eigenvalue weighted by Crippen LogP contribution is -2.42. The van der Waals surface area contributed by atoms with E-state index in [1.807, 2.05) is 57.9 Å². The van der Waals surface area contributed by atoms with E-state index in [0.717, 1.165) is 62.7 Å². The Hall–Kier alpha value is -6.65. The van der Waals surface area contributed by atoms with Gasteiger partial charge in [0.05, 0.1) is 47.5 Å². The number of pyridine rings is 1. The van der Waals surface area contributed by atoms with E-state index in [4.69, 9.17) is 5.10 Å². The van der Waals surface area contributed by atoms with Crippen LogP contribution < -0.4 is 15.5 Å². The fourth-order valence-corrected chi connectivity index (χ4v) is 10.3. The van der Waals surface area contributed by atoms with Gasteiger partial charge in [0.1, 0.15) is 0 Å². The van der Waals surface area contributed by atoms with E-state index >= 15 is 8.78 Å². The number of hydrogen-bond donors (Lipinski definition) is 2. The van der Waals surface area contributed by atoms with Crippen LogP contribution in [0.3, 0.4) is 0 Å². The zero-order valence-electron chi connectivity index (χ0n) is 35.5. The number of aryl methyl sites for hydroxylation is 3. The Balaban J connectivity index is 0.891. The summed E-state index contributed by atoms with van der Waals surface area (Å²) in [6.45, 7) is 4.24. The average Bonchev–Trinajstić information content (AvgIpc) is 3.95. The summed E-state index contributed by atoms with van der Waals surface area (Å²) in [4.78, 5) is 61.0. The van der Waals surface area contributed by atoms with Gasteiger partial charge in [-0.15, -0.1) is 0 Å². The van der Waals surface area contributed by atoms with Gasteiger partial charge in [0.2, 0.25) is 23.6 Å². The Bertz CT molecular complexity index is 2840. The number of nitrogens with one attached hydrogen (secondary N) is 2. The van der Waals surface area contributed by atoms with Crippen molar-refractivity contribution in [1.29, 1.82) is 0 Å². The van der Waals surface area contributed by atoms with E-state index in [9.17, 15) is 19.2 Å². The molecule has 1 atom stereocenters. The Morgan fingerprint density at radius 1 is 0.937 bits per heavy atom. The minimum absolute atomic E-state index is 0.00511. The number of rotatable bonds is 8. The number of likely N-dealkylation sites (tertiary alicyclic amines) is 1. The molecule has 6 aromatic rings. The number of carbonyl (C=O) groups is 4. The number of para-hydroxylation sites is 1. The second-order valence-corrected chi connectivity index (χ2v) is 17.2. The van der Waals surface area contributed by atoms with E-state index in [1.165, 1.54) is 0 Å². The van der Waals surface area contributed by atoms with Crippen LogP contribution in [0.15, 0.2) is 55.0 Å². The Labute approximate surface area is 362 Å². The number of aromatic nitrogens is 6. The maximum atomic E-state index is 15.1. The first-order valence-corrected chi connectivity index (χ1v) is 21.7. The van der Waals surface area contributed by atoms with Crippen molar-refractivity contribution < 1.29 is 28.0 Å². The summed E-state index contributed by atoms with van der Waals surface area (Å²) in [5.41, 5.74) is 7.89. The van der Waals surface area contributed by atoms with Crippen molar-refractivity contribution in [2.24, 2.45) is 14.1 Å². The number of fused-ring (bicyclic) bond motifs is 4. The van der Waals surface area contributed by atoms with Gasteiger partial charge in [0, 0.05) is 117 Å². The van der Waals surface area contributed by atoms with E-state index in [-0.39, 0.29) is 48.2 Å². The SMILES string of the molecule is CC(=O)N1CCc2c(c(N3CCCc4cc(-c5cn(C)c6ccncc56)c(C(F)F)cc43)nn2C2CCN(C(=O)CNc3cccc4c(C5CCC(=O)NC5=O)nn(C)c34)CC2)C1. The van der Waals surface area contributed by atoms with Crippen molar-refractivity contribution in [2.45, 2.75) is 76.8 Å². The van der Waals surface area contributed by atoms with Crippen LogP contribution in [-0.2, 0) is 52.7 Å². The monoisotopic (exact) mass is 857 g/mol. The molecule has 0 aliphatic carbocycles. The standard InChI is InChI=1S/C46H49F2N11O4/c1-26(60)57-19-14-38-35(25-57)45(58-16-5-6-27-20-31(32(44(47)48)21-39(27)58)34-24-54(2)37-11-15-49-22-33(34)37)53-59(38)28-12-17-56(18-13-28)41(62)23-50-36-8-4-7-29-42(52-55(3)43(29)36)30-9-10-40(61)51-46(30)63/h4,7-8,11,15,20-22,24,28,30,44,50H,5-6,9-10,12-14,16-19,23,25H2,1-3H3,(H,51,61,63). The molecule has 8 heterocycles. The fraction of sp³-hybridized carbons (Fsp3) is 0.413. The molecule has 4 aliphatic heterocycles. The van der Waals surface area contributed by atoms with E-state index in [1.54, 1.807) is 37.1 Å². The summed E-state index contributed by atoms with van der Waals surface area (Å²) in [7, 11) is 3.71. The molecule has 2 aromatic carbocycles. The Kier molecular flexibility index (Phi) is 10.2. The van der Waals surface area contributed by atoms with Gasteiger partial charge in [-0.25, -0.2) is 8.78 Å². The molecule has 0 saturated carbocycles. The number of piperidine rings is 2. The zero-order valence-corrected chi connectivity index (χ0v) is 35.5. The van der Waals surface area contributed by atoms with Gasteiger partial charge < -0.3 is 24.6 Å². The Morgan fingerprint density at radius 3 is 2.54 bits per heavy atom. The fourth-order valence-electron chi connectivity index (χ4n) is 10.3. The molecule has 0 bridgehead atoms. The molecule has 2 fully saturated rings. The van der Waals surface area contributed by atoms with Gasteiger partial charge in [-0.3, -0.25) is 38.8 Å². The number of nitrogens with zero attached hydrogens (tertiary/aromatic N) is 9. The lowest BCUT2D eigenvalue weighted by molar-refractivity contribution is -0.134. The van der Waals surface area contributed by atoms with Crippen molar-refractivity contribution in [2.75, 3.05) is 42.9 Å². The number of hydrogen-bond acceptors (Lipinski definition) is 9. The minimum Gasteiger partial charge on any atom is -0.374 e. The van der Waals surface area contributed by atoms with Crippen LogP contribution in [0.1, 0.15) is 85.5 Å². The maximum Gasteiger partial charge on any atom is 0.264 e. The summed E-state index contributed by atoms with van der Waals surface area (Å²) in [6.07, 6.45) is 6.78. The molecule has 63 heavy (non-hydrogen) atoms. The number of alkyl halides is 2. The van der Waals surface area contributed by atoms with E-state index < -0.39 is 12.3 Å². The lowest BCUT2D eigenvalue weighted by Gasteiger charge is -2.34. The summed E-state index contributed by atoms with van der Waals surface area (Å²) >= 11 is 0. The highest BCUT2D eigenvalue weighted by atomic mass is 19.3. The molecule has 10 rings (SSSR count). The van der Waals surface area contributed by atoms with Gasteiger partial charge in [-0.2, -0.15) is 10.2 Å². The van der Waals surface area contributed by atoms with Crippen LogP contribution in [0.25, 0.3) is 32.9 Å². The normalized spacial score (nSPS) is 18.3. The summed E-state index contributed by atoms with van der Waals surface area (Å²) in [5.74, 6) is -0.529. The molecule has 4 aromatic heterocycles. The second kappa shape index (κ2) is 15.9. The van der Waals surface area contributed by atoms with E-state index in [2.05, 4.69) is 30.3 Å². The maximum absolute atomic E-state index is 15.1. The number of amides is 4. The van der Waals surface area contributed by atoms with Crippen LogP contribution in [0.2, 0.25) is 0 Å². The molecule has 0 spiro atoms. The van der Waals surface area contributed by atoms with Crippen molar-refractivity contribution in [3.8, 4) is 11.1 Å². The predicted molar refractivity (Wildman–Crippen MR) is 233 cm³/mol. The zero-order chi connectivity index (χ0) is 43.7. The predicted octanol–water partition coefficient (Wildman–Crippen LogP) is 6.05. The van der Waals surface area contributed by atoms with Crippen LogP contribution >= 0.6 is 0 Å². The minimum atomic E-state index is -2.72. The van der Waals surface area contributed by atoms with Crippen molar-refractivity contribution in [3.05, 3.63) is 83.1 Å². The number of halogens is 2. The molecule has 2 saturated heterocycles. The molecule has 0 radical (unpaired) electrons. The van der Waals surface area contributed by atoms with Crippen molar-refractivity contribution in [3.63, 3.8) is 0 Å². The smallest absolute Gasteiger partial charge is 0.264 e. The molecule has 1 unspecified atom stereocenters. The molecular formula is C46H49F2N11O4. The van der Waals surface area contributed by atoms with Crippen LogP contribution in [0.4, 0.5) is 26.0 Å². The number of imide groups is 1. The summed E-state index contributed by atoms with van der Waals surface area (Å²) in [5, 5.41) is 17.3. The molecular weight excluding hydrogens is 809 g/mol. The van der Waals surface area contributed by atoms with Gasteiger partial charge in [0.15, 0.2) is 5.82 Å². The Morgan fingerprint density at radius 2 is 1.76 bits per heavy atom.